The third-order valence-corrected chi connectivity index (χ3v) is 8.62. The summed E-state index contributed by atoms with van der Waals surface area (Å²) in [6.07, 6.45) is 0.483. The maximum Gasteiger partial charge on any atom is 0.410 e. The smallest absolute Gasteiger partial charge is 0.410 e. The van der Waals surface area contributed by atoms with E-state index in [1.54, 1.807) is 24.0 Å². The maximum atomic E-state index is 13.1. The van der Waals surface area contributed by atoms with Gasteiger partial charge in [-0.15, -0.1) is 0 Å². The average molecular weight is 473 g/mol. The highest BCUT2D eigenvalue weighted by molar-refractivity contribution is 7.89. The lowest BCUT2D eigenvalue weighted by atomic mass is 9.86. The van der Waals surface area contributed by atoms with Crippen molar-refractivity contribution in [1.29, 1.82) is 0 Å². The van der Waals surface area contributed by atoms with E-state index in [0.717, 1.165) is 5.56 Å². The molecular weight excluding hydrogens is 440 g/mol. The second-order valence-electron chi connectivity index (χ2n) is 10.2. The minimum Gasteiger partial charge on any atom is -0.506 e. The summed E-state index contributed by atoms with van der Waals surface area (Å²) < 4.78 is 33.3. The van der Waals surface area contributed by atoms with Crippen molar-refractivity contribution >= 4 is 16.1 Å². The topological polar surface area (TPSA) is 87.2 Å². The standard InChI is InChI=1S/C25H32N2O5S/c1-18-6-5-7-21(22(18)28)33(30,31)27-14-12-25(13-15-27)17-26(23(29)32-25)16-19-8-10-20(11-9-19)24(2,3)4/h5-11,28H,12-17H2,1-4H3. The number of hydrogen-bond donors (Lipinski definition) is 1. The zero-order valence-electron chi connectivity index (χ0n) is 19.7. The van der Waals surface area contributed by atoms with Crippen LogP contribution in [0.25, 0.3) is 0 Å². The van der Waals surface area contributed by atoms with Crippen LogP contribution in [-0.2, 0) is 26.7 Å². The van der Waals surface area contributed by atoms with Crippen molar-refractivity contribution in [1.82, 2.24) is 9.21 Å². The molecule has 2 aromatic rings. The first-order valence-corrected chi connectivity index (χ1v) is 12.7. The van der Waals surface area contributed by atoms with Crippen LogP contribution in [0.15, 0.2) is 47.4 Å². The number of para-hydroxylation sites is 1. The first kappa shape index (κ1) is 23.6. The number of amides is 1. The molecule has 33 heavy (non-hydrogen) atoms. The van der Waals surface area contributed by atoms with Crippen LogP contribution in [0.1, 0.15) is 50.3 Å². The van der Waals surface area contributed by atoms with Gasteiger partial charge < -0.3 is 9.84 Å². The second kappa shape index (κ2) is 8.33. The first-order chi connectivity index (χ1) is 15.4. The Labute approximate surface area is 196 Å². The number of aromatic hydroxyl groups is 1. The van der Waals surface area contributed by atoms with Crippen LogP contribution in [0.5, 0.6) is 5.75 Å². The van der Waals surface area contributed by atoms with E-state index >= 15 is 0 Å². The van der Waals surface area contributed by atoms with Gasteiger partial charge in [0.15, 0.2) is 0 Å². The third kappa shape index (κ3) is 4.59. The number of rotatable bonds is 4. The lowest BCUT2D eigenvalue weighted by Gasteiger charge is -2.36. The monoisotopic (exact) mass is 472 g/mol. The fourth-order valence-corrected chi connectivity index (χ4v) is 6.12. The van der Waals surface area contributed by atoms with Crippen molar-refractivity contribution < 1.29 is 23.1 Å². The van der Waals surface area contributed by atoms with Gasteiger partial charge in [-0.25, -0.2) is 13.2 Å². The number of sulfonamides is 1. The van der Waals surface area contributed by atoms with Gasteiger partial charge in [-0.2, -0.15) is 4.31 Å². The minimum absolute atomic E-state index is 0.0682. The Morgan fingerprint density at radius 1 is 1.06 bits per heavy atom. The van der Waals surface area contributed by atoms with Crippen molar-refractivity contribution in [3.63, 3.8) is 0 Å². The molecule has 0 aliphatic carbocycles. The second-order valence-corrected chi connectivity index (χ2v) is 12.1. The van der Waals surface area contributed by atoms with Crippen LogP contribution < -0.4 is 0 Å². The number of ether oxygens (including phenoxy) is 1. The van der Waals surface area contributed by atoms with Gasteiger partial charge >= 0.3 is 6.09 Å². The molecule has 2 saturated heterocycles. The summed E-state index contributed by atoms with van der Waals surface area (Å²) in [5, 5.41) is 10.3. The molecule has 2 aliphatic heterocycles. The number of carbonyl (C=O) groups excluding carboxylic acids is 1. The number of nitrogens with zero attached hydrogens (tertiary/aromatic N) is 2. The highest BCUT2D eigenvalue weighted by Gasteiger charge is 2.48. The molecule has 0 atom stereocenters. The van der Waals surface area contributed by atoms with Crippen molar-refractivity contribution in [3.8, 4) is 5.75 Å². The fourth-order valence-electron chi connectivity index (χ4n) is 4.52. The van der Waals surface area contributed by atoms with Gasteiger partial charge in [-0.05, 0) is 35.1 Å². The highest BCUT2D eigenvalue weighted by atomic mass is 32.2. The molecule has 2 fully saturated rings. The SMILES string of the molecule is Cc1cccc(S(=O)(=O)N2CCC3(CC2)CN(Cc2ccc(C(C)(C)C)cc2)C(=O)O3)c1O. The lowest BCUT2D eigenvalue weighted by Crippen LogP contribution is -2.48. The molecule has 2 heterocycles. The van der Waals surface area contributed by atoms with Crippen LogP contribution in [0.2, 0.25) is 0 Å². The molecule has 8 heteroatoms. The van der Waals surface area contributed by atoms with E-state index in [2.05, 4.69) is 32.9 Å². The highest BCUT2D eigenvalue weighted by Crippen LogP contribution is 2.37. The fraction of sp³-hybridized carbons (Fsp3) is 0.480. The minimum atomic E-state index is -3.82. The van der Waals surface area contributed by atoms with E-state index in [-0.39, 0.29) is 35.2 Å². The summed E-state index contributed by atoms with van der Waals surface area (Å²) in [4.78, 5) is 14.2. The largest absolute Gasteiger partial charge is 0.506 e. The maximum absolute atomic E-state index is 13.1. The Hall–Kier alpha value is -2.58. The number of aryl methyl sites for hydroxylation is 1. The van der Waals surface area contributed by atoms with Crippen LogP contribution in [-0.4, -0.2) is 54.1 Å². The molecule has 4 rings (SSSR count). The molecule has 1 N–H and O–H groups in total. The number of phenols is 1. The molecule has 0 saturated carbocycles. The van der Waals surface area contributed by atoms with E-state index in [9.17, 15) is 18.3 Å². The van der Waals surface area contributed by atoms with Crippen LogP contribution in [0, 0.1) is 6.92 Å². The molecule has 0 aromatic heterocycles. The molecule has 178 valence electrons. The van der Waals surface area contributed by atoms with Gasteiger partial charge in [-0.1, -0.05) is 57.2 Å². The van der Waals surface area contributed by atoms with Gasteiger partial charge in [0.25, 0.3) is 0 Å². The molecule has 1 amide bonds. The van der Waals surface area contributed by atoms with Gasteiger partial charge in [-0.3, -0.25) is 4.90 Å². The normalized spacial score (nSPS) is 19.2. The third-order valence-electron chi connectivity index (χ3n) is 6.69. The molecule has 0 bridgehead atoms. The van der Waals surface area contributed by atoms with Crippen molar-refractivity contribution in [3.05, 3.63) is 59.2 Å². The van der Waals surface area contributed by atoms with Gasteiger partial charge in [0, 0.05) is 32.5 Å². The van der Waals surface area contributed by atoms with Gasteiger partial charge in [0.2, 0.25) is 10.0 Å². The van der Waals surface area contributed by atoms with E-state index < -0.39 is 15.6 Å². The summed E-state index contributed by atoms with van der Waals surface area (Å²) in [5.41, 5.74) is 2.18. The molecule has 1 spiro atoms. The molecular formula is C25H32N2O5S. The number of benzene rings is 2. The van der Waals surface area contributed by atoms with E-state index in [0.29, 0.717) is 31.5 Å². The van der Waals surface area contributed by atoms with E-state index in [1.807, 2.05) is 12.1 Å². The summed E-state index contributed by atoms with van der Waals surface area (Å²) >= 11 is 0. The summed E-state index contributed by atoms with van der Waals surface area (Å²) in [7, 11) is -3.82. The molecule has 0 radical (unpaired) electrons. The average Bonchev–Trinajstić information content (AvgIpc) is 3.04. The Bertz CT molecular complexity index is 1140. The van der Waals surface area contributed by atoms with Crippen molar-refractivity contribution in [2.75, 3.05) is 19.6 Å². The molecule has 0 unspecified atom stereocenters. The number of hydrogen-bond acceptors (Lipinski definition) is 5. The van der Waals surface area contributed by atoms with Crippen molar-refractivity contribution in [2.24, 2.45) is 0 Å². The Morgan fingerprint density at radius 3 is 2.30 bits per heavy atom. The van der Waals surface area contributed by atoms with E-state index in [4.69, 9.17) is 4.74 Å². The molecule has 2 aliphatic rings. The zero-order chi connectivity index (χ0) is 24.0. The van der Waals surface area contributed by atoms with Gasteiger partial charge in [0.05, 0.1) is 6.54 Å². The van der Waals surface area contributed by atoms with Crippen LogP contribution in [0.3, 0.4) is 0 Å². The molecule has 2 aromatic carbocycles. The number of piperidine rings is 1. The van der Waals surface area contributed by atoms with Crippen molar-refractivity contribution in [2.45, 2.75) is 63.0 Å². The zero-order valence-corrected chi connectivity index (χ0v) is 20.5. The van der Waals surface area contributed by atoms with Crippen LogP contribution in [0.4, 0.5) is 4.79 Å². The van der Waals surface area contributed by atoms with Crippen LogP contribution >= 0.6 is 0 Å². The predicted molar refractivity (Wildman–Crippen MR) is 126 cm³/mol. The molecule has 7 nitrogen and oxygen atoms in total. The summed E-state index contributed by atoms with van der Waals surface area (Å²) in [6, 6.07) is 13.0. The summed E-state index contributed by atoms with van der Waals surface area (Å²) in [5.74, 6) is -0.214. The number of carbonyl (C=O) groups is 1. The lowest BCUT2D eigenvalue weighted by molar-refractivity contribution is 0.0172. The van der Waals surface area contributed by atoms with E-state index in [1.165, 1.54) is 15.9 Å². The predicted octanol–water partition coefficient (Wildman–Crippen LogP) is 4.17. The first-order valence-electron chi connectivity index (χ1n) is 11.3. The Morgan fingerprint density at radius 2 is 1.70 bits per heavy atom. The number of phenolic OH excluding ortho intramolecular Hbond substituents is 1. The summed E-state index contributed by atoms with van der Waals surface area (Å²) in [6.45, 7) is 9.53. The quantitative estimate of drug-likeness (QED) is 0.722. The van der Waals surface area contributed by atoms with Gasteiger partial charge in [0.1, 0.15) is 16.2 Å². The Balaban J connectivity index is 1.42. The Kier molecular flexibility index (Phi) is 5.95.